The van der Waals surface area contributed by atoms with Crippen molar-refractivity contribution in [3.8, 4) is 0 Å². The van der Waals surface area contributed by atoms with E-state index in [4.69, 9.17) is 0 Å². The smallest absolute Gasteiger partial charge is 0.164 e. The highest BCUT2D eigenvalue weighted by molar-refractivity contribution is 6.22. The van der Waals surface area contributed by atoms with Crippen LogP contribution in [0.4, 0.5) is 5.69 Å². The molecule has 3 nitrogen and oxygen atoms in total. The lowest BCUT2D eigenvalue weighted by atomic mass is 9.72. The Morgan fingerprint density at radius 2 is 1.81 bits per heavy atom. The predicted octanol–water partition coefficient (Wildman–Crippen LogP) is 5.47. The maximum atomic E-state index is 13.1. The van der Waals surface area contributed by atoms with Gasteiger partial charge in [0.15, 0.2) is 5.78 Å². The van der Waals surface area contributed by atoms with E-state index >= 15 is 0 Å². The molecule has 3 heteroatoms. The summed E-state index contributed by atoms with van der Waals surface area (Å²) in [5.41, 5.74) is 5.83. The zero-order valence-corrected chi connectivity index (χ0v) is 15.7. The van der Waals surface area contributed by atoms with Gasteiger partial charge >= 0.3 is 0 Å². The molecule has 1 fully saturated rings. The number of nitrogens with one attached hydrogen (secondary N) is 1. The van der Waals surface area contributed by atoms with Gasteiger partial charge < -0.3 is 9.88 Å². The minimum absolute atomic E-state index is 0.0447. The Labute approximate surface area is 154 Å². The van der Waals surface area contributed by atoms with E-state index in [0.29, 0.717) is 12.2 Å². The van der Waals surface area contributed by atoms with Crippen molar-refractivity contribution in [2.24, 2.45) is 5.41 Å². The van der Waals surface area contributed by atoms with Crippen LogP contribution in [0.1, 0.15) is 55.5 Å². The van der Waals surface area contributed by atoms with Gasteiger partial charge in [-0.05, 0) is 48.8 Å². The van der Waals surface area contributed by atoms with Crippen molar-refractivity contribution in [2.75, 3.05) is 18.0 Å². The Morgan fingerprint density at radius 1 is 1.04 bits per heavy atom. The molecule has 0 bridgehead atoms. The van der Waals surface area contributed by atoms with Crippen molar-refractivity contribution < 1.29 is 4.79 Å². The largest absolute Gasteiger partial charge is 0.370 e. The minimum Gasteiger partial charge on any atom is -0.370 e. The first-order valence-corrected chi connectivity index (χ1v) is 9.88. The van der Waals surface area contributed by atoms with E-state index in [0.717, 1.165) is 41.5 Å². The number of rotatable bonds is 1. The number of benzene rings is 2. The van der Waals surface area contributed by atoms with E-state index < -0.39 is 0 Å². The van der Waals surface area contributed by atoms with Gasteiger partial charge in [0.1, 0.15) is 0 Å². The van der Waals surface area contributed by atoms with Crippen LogP contribution in [0.15, 0.2) is 30.3 Å². The third-order valence-electron chi connectivity index (χ3n) is 6.13. The normalized spacial score (nSPS) is 19.9. The number of piperidine rings is 1. The van der Waals surface area contributed by atoms with Crippen molar-refractivity contribution in [1.29, 1.82) is 0 Å². The van der Waals surface area contributed by atoms with Crippen molar-refractivity contribution in [3.63, 3.8) is 0 Å². The van der Waals surface area contributed by atoms with Gasteiger partial charge in [-0.25, -0.2) is 0 Å². The molecule has 0 amide bonds. The van der Waals surface area contributed by atoms with Gasteiger partial charge in [0, 0.05) is 41.4 Å². The van der Waals surface area contributed by atoms with Crippen molar-refractivity contribution in [2.45, 2.75) is 46.0 Å². The van der Waals surface area contributed by atoms with Crippen LogP contribution < -0.4 is 4.90 Å². The summed E-state index contributed by atoms with van der Waals surface area (Å²) in [5, 5.41) is 2.34. The Bertz CT molecular complexity index is 1020. The summed E-state index contributed by atoms with van der Waals surface area (Å²) >= 11 is 0. The van der Waals surface area contributed by atoms with Crippen molar-refractivity contribution in [3.05, 3.63) is 41.5 Å². The summed E-state index contributed by atoms with van der Waals surface area (Å²) in [4.78, 5) is 19.3. The minimum atomic E-state index is 0.0447. The van der Waals surface area contributed by atoms with Gasteiger partial charge in [0.05, 0.1) is 11.2 Å². The molecule has 1 aromatic heterocycles. The SMILES string of the molecule is CC1(C)CC(=O)c2c(cc(N3CCCCC3)c3[nH]c4ccccc4c23)C1. The number of fused-ring (bicyclic) bond motifs is 5. The number of ketones is 1. The number of hydrogen-bond acceptors (Lipinski definition) is 2. The van der Waals surface area contributed by atoms with E-state index in [2.05, 4.69) is 54.1 Å². The number of H-pyrrole nitrogens is 1. The first-order valence-electron chi connectivity index (χ1n) is 9.88. The molecular weight excluding hydrogens is 320 g/mol. The molecule has 5 rings (SSSR count). The maximum Gasteiger partial charge on any atom is 0.164 e. The van der Waals surface area contributed by atoms with Crippen LogP contribution in [0.5, 0.6) is 0 Å². The molecular formula is C23H26N2O. The molecule has 3 aromatic rings. The molecule has 2 heterocycles. The number of para-hydroxylation sites is 1. The number of aromatic nitrogens is 1. The topological polar surface area (TPSA) is 36.1 Å². The first-order chi connectivity index (χ1) is 12.5. The Hall–Kier alpha value is -2.29. The average molecular weight is 346 g/mol. The lowest BCUT2D eigenvalue weighted by molar-refractivity contribution is 0.0914. The number of hydrogen-bond donors (Lipinski definition) is 1. The van der Waals surface area contributed by atoms with Crippen LogP contribution in [0, 0.1) is 5.41 Å². The molecule has 1 saturated heterocycles. The number of Topliss-reactive ketones (excluding diaryl/α,β-unsaturated/α-hetero) is 1. The van der Waals surface area contributed by atoms with Crippen LogP contribution in [-0.2, 0) is 6.42 Å². The second kappa shape index (κ2) is 5.60. The summed E-state index contributed by atoms with van der Waals surface area (Å²) in [7, 11) is 0. The molecule has 1 aliphatic heterocycles. The van der Waals surface area contributed by atoms with Crippen LogP contribution in [0.2, 0.25) is 0 Å². The van der Waals surface area contributed by atoms with Gasteiger partial charge in [-0.15, -0.1) is 0 Å². The molecule has 0 saturated carbocycles. The zero-order chi connectivity index (χ0) is 17.9. The highest BCUT2D eigenvalue weighted by Crippen LogP contribution is 2.44. The fraction of sp³-hybridized carbons (Fsp3) is 0.435. The van der Waals surface area contributed by atoms with E-state index in [-0.39, 0.29) is 5.41 Å². The molecule has 134 valence electrons. The quantitative estimate of drug-likeness (QED) is 0.634. The molecule has 0 radical (unpaired) electrons. The molecule has 0 spiro atoms. The van der Waals surface area contributed by atoms with Gasteiger partial charge in [0.25, 0.3) is 0 Å². The van der Waals surface area contributed by atoms with Crippen LogP contribution in [0.25, 0.3) is 21.8 Å². The van der Waals surface area contributed by atoms with Crippen LogP contribution >= 0.6 is 0 Å². The maximum absolute atomic E-state index is 13.1. The van der Waals surface area contributed by atoms with Gasteiger partial charge in [-0.2, -0.15) is 0 Å². The third-order valence-corrected chi connectivity index (χ3v) is 6.13. The van der Waals surface area contributed by atoms with E-state index in [1.165, 1.54) is 35.9 Å². The fourth-order valence-electron chi connectivity index (χ4n) is 5.01. The Morgan fingerprint density at radius 3 is 2.62 bits per heavy atom. The standard InChI is InChI=1S/C23H26N2O/c1-23(2)13-15-12-18(25-10-6-3-7-11-25)22-21(20(15)19(26)14-23)16-8-4-5-9-17(16)24-22/h4-5,8-9,12,24H,3,6-7,10-11,13-14H2,1-2H3. The van der Waals surface area contributed by atoms with Crippen LogP contribution in [0.3, 0.4) is 0 Å². The van der Waals surface area contributed by atoms with E-state index in [9.17, 15) is 4.79 Å². The molecule has 26 heavy (non-hydrogen) atoms. The van der Waals surface area contributed by atoms with E-state index in [1.807, 2.05) is 0 Å². The second-order valence-electron chi connectivity index (χ2n) is 8.84. The lowest BCUT2D eigenvalue weighted by Gasteiger charge is -2.34. The molecule has 2 aliphatic rings. The molecule has 2 aromatic carbocycles. The number of anilines is 1. The van der Waals surface area contributed by atoms with Gasteiger partial charge in [-0.3, -0.25) is 4.79 Å². The Kier molecular flexibility index (Phi) is 3.43. The number of carbonyl (C=O) groups is 1. The van der Waals surface area contributed by atoms with Crippen molar-refractivity contribution in [1.82, 2.24) is 4.98 Å². The predicted molar refractivity (Wildman–Crippen MR) is 108 cm³/mol. The number of aromatic amines is 1. The lowest BCUT2D eigenvalue weighted by Crippen LogP contribution is -2.31. The second-order valence-corrected chi connectivity index (χ2v) is 8.84. The average Bonchev–Trinajstić information content (AvgIpc) is 3.00. The van der Waals surface area contributed by atoms with Crippen LogP contribution in [-0.4, -0.2) is 23.9 Å². The highest BCUT2D eigenvalue weighted by Gasteiger charge is 2.34. The van der Waals surface area contributed by atoms with Gasteiger partial charge in [0.2, 0.25) is 0 Å². The molecule has 1 aliphatic carbocycles. The highest BCUT2D eigenvalue weighted by atomic mass is 16.1. The van der Waals surface area contributed by atoms with E-state index in [1.54, 1.807) is 0 Å². The zero-order valence-electron chi connectivity index (χ0n) is 15.7. The summed E-state index contributed by atoms with van der Waals surface area (Å²) in [5.74, 6) is 0.302. The molecule has 1 N–H and O–H groups in total. The summed E-state index contributed by atoms with van der Waals surface area (Å²) in [6.07, 6.45) is 5.44. The number of nitrogens with zero attached hydrogens (tertiary/aromatic N) is 1. The first kappa shape index (κ1) is 15.9. The summed E-state index contributed by atoms with van der Waals surface area (Å²) in [6.45, 7) is 6.66. The molecule has 0 unspecified atom stereocenters. The monoisotopic (exact) mass is 346 g/mol. The van der Waals surface area contributed by atoms with Crippen molar-refractivity contribution >= 4 is 33.3 Å². The van der Waals surface area contributed by atoms with Gasteiger partial charge in [-0.1, -0.05) is 32.0 Å². The summed E-state index contributed by atoms with van der Waals surface area (Å²) < 4.78 is 0. The third kappa shape index (κ3) is 2.37. The summed E-state index contributed by atoms with van der Waals surface area (Å²) in [6, 6.07) is 10.7. The number of carbonyl (C=O) groups excluding carboxylic acids is 1. The Balaban J connectivity index is 1.85. The fourth-order valence-corrected chi connectivity index (χ4v) is 5.01. The molecule has 0 atom stereocenters.